The number of fused-ring (bicyclic) bond motifs is 1. The zero-order valence-electron chi connectivity index (χ0n) is 12.5. The number of amides is 1. The Labute approximate surface area is 125 Å². The third-order valence-electron chi connectivity index (χ3n) is 4.31. The molecule has 21 heavy (non-hydrogen) atoms. The van der Waals surface area contributed by atoms with Crippen molar-refractivity contribution in [1.82, 2.24) is 4.90 Å². The van der Waals surface area contributed by atoms with Gasteiger partial charge in [0.1, 0.15) is 0 Å². The van der Waals surface area contributed by atoms with E-state index in [1.165, 1.54) is 5.56 Å². The minimum atomic E-state index is -0.00425. The van der Waals surface area contributed by atoms with Crippen LogP contribution in [0.1, 0.15) is 12.5 Å². The topological polar surface area (TPSA) is 58.8 Å². The molecule has 0 spiro atoms. The molecule has 0 radical (unpaired) electrons. The fourth-order valence-corrected chi connectivity index (χ4v) is 3.07. The summed E-state index contributed by atoms with van der Waals surface area (Å²) < 4.78 is 5.64. The van der Waals surface area contributed by atoms with Gasteiger partial charge < -0.3 is 15.4 Å². The zero-order valence-corrected chi connectivity index (χ0v) is 12.5. The third kappa shape index (κ3) is 3.10. The van der Waals surface area contributed by atoms with E-state index in [0.29, 0.717) is 13.2 Å². The SMILES string of the molecule is CC(N)C1CN(CC(=O)N2CCc3ccccc32)CCO1. The molecular weight excluding hydrogens is 266 g/mol. The normalized spacial score (nSPS) is 23.9. The van der Waals surface area contributed by atoms with Crippen LogP contribution < -0.4 is 10.6 Å². The average Bonchev–Trinajstić information content (AvgIpc) is 2.91. The van der Waals surface area contributed by atoms with Crippen molar-refractivity contribution in [2.45, 2.75) is 25.5 Å². The zero-order chi connectivity index (χ0) is 14.8. The van der Waals surface area contributed by atoms with Crippen LogP contribution in [0.25, 0.3) is 0 Å². The Balaban J connectivity index is 1.62. The van der Waals surface area contributed by atoms with E-state index in [4.69, 9.17) is 10.5 Å². The molecule has 1 aromatic carbocycles. The molecule has 1 aromatic rings. The molecule has 0 saturated carbocycles. The molecule has 114 valence electrons. The Morgan fingerprint density at radius 1 is 1.43 bits per heavy atom. The molecule has 2 aliphatic heterocycles. The van der Waals surface area contributed by atoms with Gasteiger partial charge in [-0.25, -0.2) is 0 Å². The monoisotopic (exact) mass is 289 g/mol. The summed E-state index contributed by atoms with van der Waals surface area (Å²) >= 11 is 0. The fourth-order valence-electron chi connectivity index (χ4n) is 3.07. The van der Waals surface area contributed by atoms with Crippen molar-refractivity contribution in [3.8, 4) is 0 Å². The van der Waals surface area contributed by atoms with Gasteiger partial charge in [0.25, 0.3) is 0 Å². The van der Waals surface area contributed by atoms with Crippen LogP contribution in [0.4, 0.5) is 5.69 Å². The Kier molecular flexibility index (Phi) is 4.24. The van der Waals surface area contributed by atoms with Gasteiger partial charge in [-0.1, -0.05) is 18.2 Å². The smallest absolute Gasteiger partial charge is 0.241 e. The molecule has 2 N–H and O–H groups in total. The molecule has 0 bridgehead atoms. The number of nitrogens with zero attached hydrogens (tertiary/aromatic N) is 2. The Bertz CT molecular complexity index is 518. The lowest BCUT2D eigenvalue weighted by molar-refractivity contribution is -0.121. The van der Waals surface area contributed by atoms with E-state index < -0.39 is 0 Å². The van der Waals surface area contributed by atoms with E-state index in [9.17, 15) is 4.79 Å². The van der Waals surface area contributed by atoms with Gasteiger partial charge >= 0.3 is 0 Å². The van der Waals surface area contributed by atoms with Gasteiger partial charge in [-0.15, -0.1) is 0 Å². The predicted molar refractivity (Wildman–Crippen MR) is 82.3 cm³/mol. The van der Waals surface area contributed by atoms with E-state index in [0.717, 1.165) is 31.7 Å². The van der Waals surface area contributed by atoms with E-state index in [2.05, 4.69) is 11.0 Å². The molecule has 2 unspecified atom stereocenters. The van der Waals surface area contributed by atoms with E-state index >= 15 is 0 Å². The van der Waals surface area contributed by atoms with Crippen molar-refractivity contribution in [2.24, 2.45) is 5.73 Å². The first kappa shape index (κ1) is 14.5. The Morgan fingerprint density at radius 2 is 2.24 bits per heavy atom. The van der Waals surface area contributed by atoms with Crippen molar-refractivity contribution in [2.75, 3.05) is 37.7 Å². The molecule has 0 aromatic heterocycles. The summed E-state index contributed by atoms with van der Waals surface area (Å²) in [7, 11) is 0. The van der Waals surface area contributed by atoms with Crippen LogP contribution in [-0.2, 0) is 16.0 Å². The van der Waals surface area contributed by atoms with Gasteiger partial charge in [-0.2, -0.15) is 0 Å². The number of carbonyl (C=O) groups is 1. The molecule has 0 aliphatic carbocycles. The second kappa shape index (κ2) is 6.13. The number of carbonyl (C=O) groups excluding carboxylic acids is 1. The van der Waals surface area contributed by atoms with Crippen LogP contribution in [0.15, 0.2) is 24.3 Å². The van der Waals surface area contributed by atoms with Crippen molar-refractivity contribution in [1.29, 1.82) is 0 Å². The van der Waals surface area contributed by atoms with Gasteiger partial charge in [0, 0.05) is 31.4 Å². The molecule has 2 atom stereocenters. The lowest BCUT2D eigenvalue weighted by Crippen LogP contribution is -2.52. The van der Waals surface area contributed by atoms with Crippen LogP contribution in [0.2, 0.25) is 0 Å². The molecule has 5 nitrogen and oxygen atoms in total. The van der Waals surface area contributed by atoms with Crippen LogP contribution in [0, 0.1) is 0 Å². The maximum atomic E-state index is 12.6. The van der Waals surface area contributed by atoms with Gasteiger partial charge in [0.05, 0.1) is 19.3 Å². The summed E-state index contributed by atoms with van der Waals surface area (Å²) in [5.74, 6) is 0.172. The number of anilines is 1. The van der Waals surface area contributed by atoms with Gasteiger partial charge in [-0.05, 0) is 25.0 Å². The third-order valence-corrected chi connectivity index (χ3v) is 4.31. The first-order valence-electron chi connectivity index (χ1n) is 7.63. The minimum absolute atomic E-state index is 0.00425. The minimum Gasteiger partial charge on any atom is -0.374 e. The second-order valence-corrected chi connectivity index (χ2v) is 5.93. The first-order chi connectivity index (χ1) is 10.1. The van der Waals surface area contributed by atoms with E-state index in [1.54, 1.807) is 0 Å². The molecule has 5 heteroatoms. The highest BCUT2D eigenvalue weighted by Crippen LogP contribution is 2.27. The molecule has 3 rings (SSSR count). The lowest BCUT2D eigenvalue weighted by Gasteiger charge is -2.35. The van der Waals surface area contributed by atoms with Gasteiger partial charge in [0.2, 0.25) is 5.91 Å². The maximum Gasteiger partial charge on any atom is 0.241 e. The fraction of sp³-hybridized carbons (Fsp3) is 0.562. The highest BCUT2D eigenvalue weighted by molar-refractivity contribution is 5.96. The van der Waals surface area contributed by atoms with E-state index in [-0.39, 0.29) is 18.1 Å². The van der Waals surface area contributed by atoms with Crippen LogP contribution >= 0.6 is 0 Å². The lowest BCUT2D eigenvalue weighted by atomic mass is 10.1. The van der Waals surface area contributed by atoms with Crippen LogP contribution in [-0.4, -0.2) is 55.7 Å². The average molecular weight is 289 g/mol. The molecular formula is C16H23N3O2. The Hall–Kier alpha value is -1.43. The van der Waals surface area contributed by atoms with Crippen molar-refractivity contribution in [3.63, 3.8) is 0 Å². The molecule has 1 amide bonds. The van der Waals surface area contributed by atoms with Crippen LogP contribution in [0.3, 0.4) is 0 Å². The van der Waals surface area contributed by atoms with Crippen molar-refractivity contribution in [3.05, 3.63) is 29.8 Å². The quantitative estimate of drug-likeness (QED) is 0.886. The maximum absolute atomic E-state index is 12.6. The predicted octanol–water partition coefficient (Wildman–Crippen LogP) is 0.624. The molecule has 2 aliphatic rings. The summed E-state index contributed by atoms with van der Waals surface area (Å²) in [4.78, 5) is 16.6. The summed E-state index contributed by atoms with van der Waals surface area (Å²) in [5, 5.41) is 0. The number of nitrogens with two attached hydrogens (primary N) is 1. The summed E-state index contributed by atoms with van der Waals surface area (Å²) in [5.41, 5.74) is 8.23. The number of para-hydroxylation sites is 1. The number of rotatable bonds is 3. The van der Waals surface area contributed by atoms with E-state index in [1.807, 2.05) is 30.0 Å². The number of hydrogen-bond acceptors (Lipinski definition) is 4. The van der Waals surface area contributed by atoms with Gasteiger partial charge in [0.15, 0.2) is 0 Å². The number of ether oxygens (including phenoxy) is 1. The summed E-state index contributed by atoms with van der Waals surface area (Å²) in [6.07, 6.45) is 0.977. The largest absolute Gasteiger partial charge is 0.374 e. The van der Waals surface area contributed by atoms with Crippen molar-refractivity contribution < 1.29 is 9.53 Å². The Morgan fingerprint density at radius 3 is 3.05 bits per heavy atom. The van der Waals surface area contributed by atoms with Crippen LogP contribution in [0.5, 0.6) is 0 Å². The number of morpholine rings is 1. The number of benzene rings is 1. The number of hydrogen-bond donors (Lipinski definition) is 1. The standard InChI is InChI=1S/C16H23N3O2/c1-12(17)15-10-18(8-9-21-15)11-16(20)19-7-6-13-4-2-3-5-14(13)19/h2-5,12,15H,6-11,17H2,1H3. The van der Waals surface area contributed by atoms with Gasteiger partial charge in [-0.3, -0.25) is 9.69 Å². The highest BCUT2D eigenvalue weighted by atomic mass is 16.5. The first-order valence-corrected chi connectivity index (χ1v) is 7.63. The van der Waals surface area contributed by atoms with Crippen molar-refractivity contribution >= 4 is 11.6 Å². The highest BCUT2D eigenvalue weighted by Gasteiger charge is 2.28. The summed E-state index contributed by atoms with van der Waals surface area (Å²) in [6, 6.07) is 8.15. The molecule has 1 saturated heterocycles. The molecule has 1 fully saturated rings. The second-order valence-electron chi connectivity index (χ2n) is 5.93. The molecule has 2 heterocycles. The summed E-state index contributed by atoms with van der Waals surface area (Å²) in [6.45, 7) is 5.37.